The molecule has 4 rings (SSSR count). The molecule has 1 aliphatic heterocycles. The molecular weight excluding hydrogens is 414 g/mol. The highest BCUT2D eigenvalue weighted by Gasteiger charge is 2.17. The van der Waals surface area contributed by atoms with E-state index in [2.05, 4.69) is 22.5 Å². The minimum absolute atomic E-state index is 0.0832. The molecule has 1 aliphatic rings. The highest BCUT2D eigenvalue weighted by atomic mass is 35.5. The molecule has 0 bridgehead atoms. The molecule has 31 heavy (non-hydrogen) atoms. The van der Waals surface area contributed by atoms with E-state index in [9.17, 15) is 4.79 Å². The van der Waals surface area contributed by atoms with E-state index >= 15 is 0 Å². The Bertz CT molecular complexity index is 1080. The van der Waals surface area contributed by atoms with E-state index in [0.29, 0.717) is 42.8 Å². The van der Waals surface area contributed by atoms with Crippen LogP contribution in [0.2, 0.25) is 5.02 Å². The first kappa shape index (κ1) is 21.2. The van der Waals surface area contributed by atoms with Crippen LogP contribution in [0, 0.1) is 13.8 Å². The van der Waals surface area contributed by atoms with Crippen LogP contribution < -0.4 is 14.8 Å². The zero-order valence-electron chi connectivity index (χ0n) is 17.8. The second-order valence-corrected chi connectivity index (χ2v) is 8.11. The van der Waals surface area contributed by atoms with E-state index in [0.717, 1.165) is 28.9 Å². The van der Waals surface area contributed by atoms with Gasteiger partial charge >= 0.3 is 0 Å². The average molecular weight is 440 g/mol. The van der Waals surface area contributed by atoms with E-state index in [1.54, 1.807) is 6.07 Å². The summed E-state index contributed by atoms with van der Waals surface area (Å²) in [5.41, 5.74) is 5.00. The van der Waals surface area contributed by atoms with Crippen LogP contribution in [-0.2, 0) is 24.3 Å². The van der Waals surface area contributed by atoms with Gasteiger partial charge in [-0.3, -0.25) is 9.48 Å². The number of nitrogens with zero attached hydrogens (tertiary/aromatic N) is 2. The summed E-state index contributed by atoms with van der Waals surface area (Å²) in [5, 5.41) is 8.13. The molecule has 2 heterocycles. The Morgan fingerprint density at radius 3 is 2.71 bits per heavy atom. The number of carbonyl (C=O) groups is 1. The third-order valence-corrected chi connectivity index (χ3v) is 5.68. The van der Waals surface area contributed by atoms with Crippen molar-refractivity contribution < 1.29 is 14.3 Å². The molecule has 0 saturated heterocycles. The fourth-order valence-electron chi connectivity index (χ4n) is 3.72. The van der Waals surface area contributed by atoms with Crippen molar-refractivity contribution in [3.63, 3.8) is 0 Å². The van der Waals surface area contributed by atoms with Crippen molar-refractivity contribution in [3.8, 4) is 11.5 Å². The van der Waals surface area contributed by atoms with Crippen molar-refractivity contribution >= 4 is 17.5 Å². The van der Waals surface area contributed by atoms with Gasteiger partial charge in [-0.05, 0) is 37.1 Å². The predicted molar refractivity (Wildman–Crippen MR) is 120 cm³/mol. The number of hydrogen-bond donors (Lipinski definition) is 1. The van der Waals surface area contributed by atoms with E-state index in [1.165, 1.54) is 5.56 Å². The number of hydrogen-bond acceptors (Lipinski definition) is 4. The Labute approximate surface area is 187 Å². The molecule has 0 radical (unpaired) electrons. The Kier molecular flexibility index (Phi) is 6.47. The second-order valence-electron chi connectivity index (χ2n) is 7.70. The molecule has 0 fully saturated rings. The van der Waals surface area contributed by atoms with Gasteiger partial charge in [0, 0.05) is 24.2 Å². The molecule has 1 amide bonds. The summed E-state index contributed by atoms with van der Waals surface area (Å²) in [4.78, 5) is 12.6. The van der Waals surface area contributed by atoms with Gasteiger partial charge in [0.25, 0.3) is 0 Å². The molecule has 0 saturated carbocycles. The van der Waals surface area contributed by atoms with E-state index < -0.39 is 0 Å². The fraction of sp³-hybridized carbons (Fsp3) is 0.333. The molecule has 0 atom stereocenters. The average Bonchev–Trinajstić information content (AvgIpc) is 2.90. The third-order valence-electron chi connectivity index (χ3n) is 5.40. The maximum atomic E-state index is 12.6. The van der Waals surface area contributed by atoms with Crippen LogP contribution in [0.1, 0.15) is 34.5 Å². The number of ether oxygens (including phenoxy) is 2. The van der Waals surface area contributed by atoms with Gasteiger partial charge in [0.15, 0.2) is 11.5 Å². The van der Waals surface area contributed by atoms with Gasteiger partial charge < -0.3 is 14.8 Å². The van der Waals surface area contributed by atoms with Gasteiger partial charge in [0.2, 0.25) is 5.91 Å². The zero-order valence-corrected chi connectivity index (χ0v) is 18.5. The van der Waals surface area contributed by atoms with Crippen molar-refractivity contribution in [2.24, 2.45) is 0 Å². The van der Waals surface area contributed by atoms with Crippen molar-refractivity contribution in [3.05, 3.63) is 75.6 Å². The minimum atomic E-state index is -0.0832. The van der Waals surface area contributed by atoms with Crippen LogP contribution in [0.15, 0.2) is 42.5 Å². The Balaban J connectivity index is 1.40. The van der Waals surface area contributed by atoms with Gasteiger partial charge in [0.05, 0.1) is 36.9 Å². The summed E-state index contributed by atoms with van der Waals surface area (Å²) >= 11 is 6.34. The molecule has 7 heteroatoms. The molecule has 0 aliphatic carbocycles. The van der Waals surface area contributed by atoms with Crippen LogP contribution in [0.3, 0.4) is 0 Å². The number of fused-ring (bicyclic) bond motifs is 1. The number of amides is 1. The highest BCUT2D eigenvalue weighted by molar-refractivity contribution is 6.32. The summed E-state index contributed by atoms with van der Waals surface area (Å²) in [6.07, 6.45) is 1.02. The SMILES string of the molecule is Cc1nn(Cc2ccccc2)c(C)c1CNC(=O)Cc1cc(Cl)c2c(c1)OCCCO2. The topological polar surface area (TPSA) is 65.4 Å². The number of benzene rings is 2. The predicted octanol–water partition coefficient (Wildman–Crippen LogP) is 4.22. The van der Waals surface area contributed by atoms with Crippen molar-refractivity contribution in [1.29, 1.82) is 0 Å². The normalized spacial score (nSPS) is 13.0. The first-order chi connectivity index (χ1) is 15.0. The van der Waals surface area contributed by atoms with Crippen molar-refractivity contribution in [2.45, 2.75) is 39.8 Å². The first-order valence-electron chi connectivity index (χ1n) is 10.4. The highest BCUT2D eigenvalue weighted by Crippen LogP contribution is 2.38. The molecule has 6 nitrogen and oxygen atoms in total. The van der Waals surface area contributed by atoms with E-state index in [-0.39, 0.29) is 12.3 Å². The largest absolute Gasteiger partial charge is 0.489 e. The summed E-state index contributed by atoms with van der Waals surface area (Å²) < 4.78 is 13.3. The van der Waals surface area contributed by atoms with Crippen LogP contribution in [0.5, 0.6) is 11.5 Å². The lowest BCUT2D eigenvalue weighted by molar-refractivity contribution is -0.120. The van der Waals surface area contributed by atoms with E-state index in [4.69, 9.17) is 21.1 Å². The number of rotatable bonds is 6. The lowest BCUT2D eigenvalue weighted by atomic mass is 10.1. The Morgan fingerprint density at radius 2 is 1.90 bits per heavy atom. The number of carbonyl (C=O) groups excluding carboxylic acids is 1. The van der Waals surface area contributed by atoms with Crippen LogP contribution in [0.4, 0.5) is 0 Å². The Hall–Kier alpha value is -2.99. The fourth-order valence-corrected chi connectivity index (χ4v) is 4.01. The number of nitrogens with one attached hydrogen (secondary N) is 1. The van der Waals surface area contributed by atoms with Crippen molar-refractivity contribution in [1.82, 2.24) is 15.1 Å². The quantitative estimate of drug-likeness (QED) is 0.624. The lowest BCUT2D eigenvalue weighted by Crippen LogP contribution is -2.25. The Morgan fingerprint density at radius 1 is 1.13 bits per heavy atom. The lowest BCUT2D eigenvalue weighted by Gasteiger charge is -2.12. The molecule has 3 aromatic rings. The summed E-state index contributed by atoms with van der Waals surface area (Å²) in [7, 11) is 0. The summed E-state index contributed by atoms with van der Waals surface area (Å²) in [6, 6.07) is 13.8. The molecule has 162 valence electrons. The van der Waals surface area contributed by atoms with Gasteiger partial charge in [-0.25, -0.2) is 0 Å². The first-order valence-corrected chi connectivity index (χ1v) is 10.8. The molecule has 0 unspecified atom stereocenters. The van der Waals surface area contributed by atoms with Gasteiger partial charge in [-0.1, -0.05) is 41.9 Å². The van der Waals surface area contributed by atoms with Crippen LogP contribution in [0.25, 0.3) is 0 Å². The molecule has 1 aromatic heterocycles. The summed E-state index contributed by atoms with van der Waals surface area (Å²) in [5.74, 6) is 1.07. The molecule has 0 spiro atoms. The van der Waals surface area contributed by atoms with Crippen LogP contribution in [-0.4, -0.2) is 28.9 Å². The zero-order chi connectivity index (χ0) is 21.8. The maximum absolute atomic E-state index is 12.6. The van der Waals surface area contributed by atoms with Gasteiger partial charge in [-0.2, -0.15) is 5.10 Å². The standard InChI is InChI=1S/C24H26ClN3O3/c1-16-20(17(2)28(27-16)15-18-7-4-3-5-8-18)14-26-23(29)13-19-11-21(25)24-22(12-19)30-9-6-10-31-24/h3-5,7-8,11-12H,6,9-10,13-15H2,1-2H3,(H,26,29). The molecule has 2 aromatic carbocycles. The monoisotopic (exact) mass is 439 g/mol. The van der Waals surface area contributed by atoms with E-state index in [1.807, 2.05) is 42.8 Å². The third kappa shape index (κ3) is 5.02. The van der Waals surface area contributed by atoms with Crippen molar-refractivity contribution in [2.75, 3.05) is 13.2 Å². The molecule has 1 N–H and O–H groups in total. The number of aryl methyl sites for hydroxylation is 1. The smallest absolute Gasteiger partial charge is 0.224 e. The molecular formula is C24H26ClN3O3. The summed E-state index contributed by atoms with van der Waals surface area (Å²) in [6.45, 7) is 6.29. The number of halogens is 1. The van der Waals surface area contributed by atoms with Crippen LogP contribution >= 0.6 is 11.6 Å². The minimum Gasteiger partial charge on any atom is -0.489 e. The van der Waals surface area contributed by atoms with Gasteiger partial charge in [0.1, 0.15) is 0 Å². The van der Waals surface area contributed by atoms with Gasteiger partial charge in [-0.15, -0.1) is 0 Å². The second kappa shape index (κ2) is 9.43. The maximum Gasteiger partial charge on any atom is 0.224 e. The number of aromatic nitrogens is 2.